The van der Waals surface area contributed by atoms with Gasteiger partial charge in [-0.2, -0.15) is 0 Å². The molecule has 0 saturated carbocycles. The largest absolute Gasteiger partial charge is 0.361 e. The van der Waals surface area contributed by atoms with Crippen molar-refractivity contribution in [1.82, 2.24) is 15.2 Å². The molecule has 1 aromatic heterocycles. The van der Waals surface area contributed by atoms with E-state index in [0.717, 1.165) is 24.9 Å². The standard InChI is InChI=1S/C31H41N3O/c1-31(2,3)26-14-11-24(12-15-26)13-16-30(35)32-19-7-4-8-20-34-21-17-25(18-22-34)28-23-33-29-10-6-5-9-27(28)29/h5-6,9-16,23,25,33H,4,7-8,17-22H2,1-3H3,(H,32,35)/b16-13+. The van der Waals surface area contributed by atoms with Gasteiger partial charge in [-0.25, -0.2) is 0 Å². The number of unbranched alkanes of at least 4 members (excludes halogenated alkanes) is 2. The molecule has 0 spiro atoms. The predicted molar refractivity (Wildman–Crippen MR) is 148 cm³/mol. The molecular formula is C31H41N3O. The van der Waals surface area contributed by atoms with Crippen LogP contribution in [0.25, 0.3) is 17.0 Å². The van der Waals surface area contributed by atoms with Crippen molar-refractivity contribution in [2.24, 2.45) is 0 Å². The number of hydrogen-bond donors (Lipinski definition) is 2. The second-order valence-corrected chi connectivity index (χ2v) is 11.0. The van der Waals surface area contributed by atoms with Gasteiger partial charge in [0.15, 0.2) is 0 Å². The van der Waals surface area contributed by atoms with Crippen LogP contribution < -0.4 is 5.32 Å². The number of amides is 1. The lowest BCUT2D eigenvalue weighted by Crippen LogP contribution is -2.33. The Labute approximate surface area is 210 Å². The van der Waals surface area contributed by atoms with Crippen LogP contribution in [0.4, 0.5) is 0 Å². The van der Waals surface area contributed by atoms with Gasteiger partial charge >= 0.3 is 0 Å². The summed E-state index contributed by atoms with van der Waals surface area (Å²) in [5.41, 5.74) is 5.25. The first-order valence-corrected chi connectivity index (χ1v) is 13.2. The summed E-state index contributed by atoms with van der Waals surface area (Å²) in [6.07, 6.45) is 11.6. The summed E-state index contributed by atoms with van der Waals surface area (Å²) in [4.78, 5) is 18.2. The number of benzene rings is 2. The smallest absolute Gasteiger partial charge is 0.243 e. The number of aromatic nitrogens is 1. The van der Waals surface area contributed by atoms with Gasteiger partial charge < -0.3 is 15.2 Å². The fourth-order valence-corrected chi connectivity index (χ4v) is 5.07. The van der Waals surface area contributed by atoms with Crippen LogP contribution in [0.5, 0.6) is 0 Å². The molecule has 1 amide bonds. The maximum Gasteiger partial charge on any atom is 0.243 e. The van der Waals surface area contributed by atoms with Crippen molar-refractivity contribution in [1.29, 1.82) is 0 Å². The van der Waals surface area contributed by atoms with Gasteiger partial charge in [0.1, 0.15) is 0 Å². The summed E-state index contributed by atoms with van der Waals surface area (Å²) in [5.74, 6) is 0.659. The molecule has 0 unspecified atom stereocenters. The molecule has 2 aromatic carbocycles. The van der Waals surface area contributed by atoms with E-state index in [4.69, 9.17) is 0 Å². The molecule has 4 rings (SSSR count). The number of nitrogens with one attached hydrogen (secondary N) is 2. The molecule has 1 saturated heterocycles. The zero-order valence-corrected chi connectivity index (χ0v) is 21.6. The lowest BCUT2D eigenvalue weighted by Gasteiger charge is -2.32. The Balaban J connectivity index is 1.08. The van der Waals surface area contributed by atoms with E-state index in [9.17, 15) is 4.79 Å². The monoisotopic (exact) mass is 471 g/mol. The van der Waals surface area contributed by atoms with E-state index >= 15 is 0 Å². The number of fused-ring (bicyclic) bond motifs is 1. The Kier molecular flexibility index (Phi) is 8.46. The molecule has 4 nitrogen and oxygen atoms in total. The number of carbonyl (C=O) groups excluding carboxylic acids is 1. The van der Waals surface area contributed by atoms with E-state index in [0.29, 0.717) is 5.92 Å². The zero-order valence-electron chi connectivity index (χ0n) is 21.6. The molecule has 0 bridgehead atoms. The summed E-state index contributed by atoms with van der Waals surface area (Å²) >= 11 is 0. The van der Waals surface area contributed by atoms with Crippen LogP contribution in [0.2, 0.25) is 0 Å². The van der Waals surface area contributed by atoms with Crippen LogP contribution in [-0.2, 0) is 10.2 Å². The number of hydrogen-bond acceptors (Lipinski definition) is 2. The topological polar surface area (TPSA) is 48.1 Å². The predicted octanol–water partition coefficient (Wildman–Crippen LogP) is 6.64. The van der Waals surface area contributed by atoms with Gasteiger partial charge in [0.05, 0.1) is 0 Å². The summed E-state index contributed by atoms with van der Waals surface area (Å²) < 4.78 is 0. The van der Waals surface area contributed by atoms with E-state index < -0.39 is 0 Å². The molecule has 2 N–H and O–H groups in total. The van der Waals surface area contributed by atoms with E-state index in [1.54, 1.807) is 6.08 Å². The van der Waals surface area contributed by atoms with Gasteiger partial charge in [0.25, 0.3) is 0 Å². The summed E-state index contributed by atoms with van der Waals surface area (Å²) in [5, 5.41) is 4.41. The number of rotatable bonds is 9. The van der Waals surface area contributed by atoms with Crippen LogP contribution in [0.3, 0.4) is 0 Å². The van der Waals surface area contributed by atoms with Crippen LogP contribution in [-0.4, -0.2) is 42.0 Å². The molecule has 0 aliphatic carbocycles. The summed E-state index contributed by atoms with van der Waals surface area (Å²) in [6, 6.07) is 17.1. The quantitative estimate of drug-likeness (QED) is 0.271. The maximum atomic E-state index is 12.1. The number of nitrogens with zero attached hydrogens (tertiary/aromatic N) is 1. The Morgan fingerprint density at radius 2 is 1.77 bits per heavy atom. The van der Waals surface area contributed by atoms with Crippen LogP contribution in [0.1, 0.15) is 75.5 Å². The SMILES string of the molecule is CC(C)(C)c1ccc(/C=C/C(=O)NCCCCCN2CCC(c3c[nH]c4ccccc34)CC2)cc1. The minimum Gasteiger partial charge on any atom is -0.361 e. The van der Waals surface area contributed by atoms with Crippen molar-refractivity contribution in [2.75, 3.05) is 26.2 Å². The Hall–Kier alpha value is -2.85. The third-order valence-electron chi connectivity index (χ3n) is 7.30. The Morgan fingerprint density at radius 3 is 2.51 bits per heavy atom. The fourth-order valence-electron chi connectivity index (χ4n) is 5.07. The number of aromatic amines is 1. The molecule has 1 fully saturated rings. The van der Waals surface area contributed by atoms with Crippen molar-refractivity contribution in [3.63, 3.8) is 0 Å². The second kappa shape index (κ2) is 11.7. The first kappa shape index (κ1) is 25.2. The number of H-pyrrole nitrogens is 1. The number of para-hydroxylation sites is 1. The molecule has 0 radical (unpaired) electrons. The molecule has 3 aromatic rings. The van der Waals surface area contributed by atoms with Gasteiger partial charge in [-0.05, 0) is 85.5 Å². The Morgan fingerprint density at radius 1 is 1.03 bits per heavy atom. The average molecular weight is 472 g/mol. The van der Waals surface area contributed by atoms with E-state index in [2.05, 4.69) is 90.7 Å². The van der Waals surface area contributed by atoms with Crippen molar-refractivity contribution >= 4 is 22.9 Å². The highest BCUT2D eigenvalue weighted by Gasteiger charge is 2.22. The van der Waals surface area contributed by atoms with Gasteiger partial charge in [-0.1, -0.05) is 69.7 Å². The highest BCUT2D eigenvalue weighted by atomic mass is 16.1. The summed E-state index contributed by atoms with van der Waals surface area (Å²) in [7, 11) is 0. The molecule has 4 heteroatoms. The highest BCUT2D eigenvalue weighted by Crippen LogP contribution is 2.33. The molecule has 35 heavy (non-hydrogen) atoms. The normalized spacial score (nSPS) is 15.7. The molecule has 1 aliphatic rings. The minimum atomic E-state index is -0.00995. The number of likely N-dealkylation sites (tertiary alicyclic amines) is 1. The first-order chi connectivity index (χ1) is 16.9. The third-order valence-corrected chi connectivity index (χ3v) is 7.30. The van der Waals surface area contributed by atoms with E-state index in [1.807, 2.05) is 6.08 Å². The second-order valence-electron chi connectivity index (χ2n) is 11.0. The van der Waals surface area contributed by atoms with Crippen molar-refractivity contribution in [3.05, 3.63) is 77.5 Å². The zero-order chi connectivity index (χ0) is 24.7. The van der Waals surface area contributed by atoms with Gasteiger partial charge in [-0.3, -0.25) is 4.79 Å². The fraction of sp³-hybridized carbons (Fsp3) is 0.452. The summed E-state index contributed by atoms with van der Waals surface area (Å²) in [6.45, 7) is 10.9. The Bertz CT molecular complexity index is 1110. The van der Waals surface area contributed by atoms with Crippen molar-refractivity contribution < 1.29 is 4.79 Å². The highest BCUT2D eigenvalue weighted by molar-refractivity contribution is 5.91. The number of carbonyl (C=O) groups is 1. The van der Waals surface area contributed by atoms with Crippen LogP contribution in [0, 0.1) is 0 Å². The van der Waals surface area contributed by atoms with E-state index in [-0.39, 0.29) is 11.3 Å². The van der Waals surface area contributed by atoms with Gasteiger partial charge in [0, 0.05) is 29.7 Å². The van der Waals surface area contributed by atoms with Crippen molar-refractivity contribution in [3.8, 4) is 0 Å². The molecule has 0 atom stereocenters. The maximum absolute atomic E-state index is 12.1. The third kappa shape index (κ3) is 7.08. The molecule has 2 heterocycles. The number of piperidine rings is 1. The lowest BCUT2D eigenvalue weighted by molar-refractivity contribution is -0.116. The van der Waals surface area contributed by atoms with Gasteiger partial charge in [0.2, 0.25) is 5.91 Å². The lowest BCUT2D eigenvalue weighted by atomic mass is 9.87. The molecule has 1 aliphatic heterocycles. The molecule has 186 valence electrons. The van der Waals surface area contributed by atoms with Crippen molar-refractivity contribution in [2.45, 2.75) is 64.2 Å². The molecular weight excluding hydrogens is 430 g/mol. The van der Waals surface area contributed by atoms with E-state index in [1.165, 1.54) is 60.9 Å². The average Bonchev–Trinajstić information content (AvgIpc) is 3.29. The first-order valence-electron chi connectivity index (χ1n) is 13.2. The van der Waals surface area contributed by atoms with Crippen LogP contribution in [0.15, 0.2) is 60.8 Å². The minimum absolute atomic E-state index is 0.00995. The van der Waals surface area contributed by atoms with Gasteiger partial charge in [-0.15, -0.1) is 0 Å². The van der Waals surface area contributed by atoms with Crippen LogP contribution >= 0.6 is 0 Å².